The molecule has 0 saturated heterocycles. The molecule has 0 radical (unpaired) electrons. The van der Waals surface area contributed by atoms with Gasteiger partial charge in [0.05, 0.1) is 0 Å². The highest BCUT2D eigenvalue weighted by Gasteiger charge is 2.19. The number of para-hydroxylation sites is 1. The van der Waals surface area contributed by atoms with E-state index in [1.54, 1.807) is 6.07 Å². The Morgan fingerprint density at radius 2 is 2.00 bits per heavy atom. The number of benzene rings is 2. The minimum Gasteiger partial charge on any atom is -0.508 e. The topological polar surface area (TPSA) is 23.5 Å². The van der Waals surface area contributed by atoms with Crippen LogP contribution in [0.25, 0.3) is 0 Å². The standard InChI is InChI=1S/C15H14BrNO/c16-13-6-5-12(15(18)9-13)10-17-8-7-11-3-1-2-4-14(11)17/h1-6,9,18H,7-8,10H2. The number of rotatable bonds is 2. The lowest BCUT2D eigenvalue weighted by molar-refractivity contribution is 0.467. The molecule has 1 N–H and O–H groups in total. The third-order valence-corrected chi connectivity index (χ3v) is 3.89. The van der Waals surface area contributed by atoms with E-state index in [2.05, 4.69) is 45.1 Å². The molecule has 0 unspecified atom stereocenters. The van der Waals surface area contributed by atoms with E-state index in [0.717, 1.165) is 29.5 Å². The molecule has 0 fully saturated rings. The van der Waals surface area contributed by atoms with Gasteiger partial charge in [0, 0.05) is 28.8 Å². The number of phenolic OH excluding ortho intramolecular Hbond substituents is 1. The Bertz CT molecular complexity index is 582. The summed E-state index contributed by atoms with van der Waals surface area (Å²) in [6.45, 7) is 1.78. The molecule has 2 nitrogen and oxygen atoms in total. The normalized spacial score (nSPS) is 13.7. The van der Waals surface area contributed by atoms with Crippen LogP contribution in [0.4, 0.5) is 5.69 Å². The number of halogens is 1. The van der Waals surface area contributed by atoms with Crippen LogP contribution in [-0.2, 0) is 13.0 Å². The average molecular weight is 304 g/mol. The van der Waals surface area contributed by atoms with Crippen LogP contribution >= 0.6 is 15.9 Å². The summed E-state index contributed by atoms with van der Waals surface area (Å²) in [6.07, 6.45) is 1.09. The van der Waals surface area contributed by atoms with Crippen molar-refractivity contribution in [3.05, 3.63) is 58.1 Å². The van der Waals surface area contributed by atoms with Gasteiger partial charge in [-0.2, -0.15) is 0 Å². The van der Waals surface area contributed by atoms with Crippen LogP contribution in [0.5, 0.6) is 5.75 Å². The van der Waals surface area contributed by atoms with Crippen molar-refractivity contribution < 1.29 is 5.11 Å². The molecule has 0 aliphatic carbocycles. The van der Waals surface area contributed by atoms with Gasteiger partial charge in [-0.1, -0.05) is 40.2 Å². The first-order valence-corrected chi connectivity index (χ1v) is 6.83. The minimum absolute atomic E-state index is 0.355. The number of aromatic hydroxyl groups is 1. The Labute approximate surface area is 115 Å². The molecule has 0 aromatic heterocycles. The summed E-state index contributed by atoms with van der Waals surface area (Å²) in [7, 11) is 0. The molecular formula is C15H14BrNO. The SMILES string of the molecule is Oc1cc(Br)ccc1CN1CCc2ccccc21. The summed E-state index contributed by atoms with van der Waals surface area (Å²) in [5, 5.41) is 9.94. The Kier molecular flexibility index (Phi) is 3.00. The molecule has 3 rings (SSSR count). The van der Waals surface area contributed by atoms with E-state index in [9.17, 15) is 5.11 Å². The predicted octanol–water partition coefficient (Wildman–Crippen LogP) is 3.72. The van der Waals surface area contributed by atoms with Crippen LogP contribution in [0.15, 0.2) is 46.9 Å². The van der Waals surface area contributed by atoms with Crippen LogP contribution in [0, 0.1) is 0 Å². The summed E-state index contributed by atoms with van der Waals surface area (Å²) in [4.78, 5) is 2.32. The second-order valence-electron chi connectivity index (χ2n) is 4.57. The Balaban J connectivity index is 1.86. The number of phenols is 1. The third kappa shape index (κ3) is 2.10. The Morgan fingerprint density at radius 1 is 1.17 bits per heavy atom. The van der Waals surface area contributed by atoms with E-state index in [1.165, 1.54) is 11.3 Å². The quantitative estimate of drug-likeness (QED) is 0.914. The van der Waals surface area contributed by atoms with E-state index >= 15 is 0 Å². The summed E-state index contributed by atoms with van der Waals surface area (Å²) in [5.41, 5.74) is 3.66. The summed E-state index contributed by atoms with van der Waals surface area (Å²) < 4.78 is 0.908. The average Bonchev–Trinajstić information content (AvgIpc) is 2.76. The van der Waals surface area contributed by atoms with Gasteiger partial charge in [0.15, 0.2) is 0 Å². The van der Waals surface area contributed by atoms with Crippen molar-refractivity contribution in [1.82, 2.24) is 0 Å². The zero-order valence-electron chi connectivity index (χ0n) is 9.94. The molecule has 18 heavy (non-hydrogen) atoms. The predicted molar refractivity (Wildman–Crippen MR) is 77.0 cm³/mol. The minimum atomic E-state index is 0.355. The van der Waals surface area contributed by atoms with Gasteiger partial charge in [-0.15, -0.1) is 0 Å². The van der Waals surface area contributed by atoms with Crippen molar-refractivity contribution in [3.8, 4) is 5.75 Å². The van der Waals surface area contributed by atoms with Gasteiger partial charge in [-0.25, -0.2) is 0 Å². The number of nitrogens with zero attached hydrogens (tertiary/aromatic N) is 1. The van der Waals surface area contributed by atoms with Gasteiger partial charge in [0.1, 0.15) is 5.75 Å². The highest BCUT2D eigenvalue weighted by molar-refractivity contribution is 9.10. The molecule has 0 amide bonds. The van der Waals surface area contributed by atoms with Crippen molar-refractivity contribution in [2.24, 2.45) is 0 Å². The van der Waals surface area contributed by atoms with Crippen LogP contribution in [0.3, 0.4) is 0 Å². The van der Waals surface area contributed by atoms with Crippen molar-refractivity contribution in [1.29, 1.82) is 0 Å². The smallest absolute Gasteiger partial charge is 0.121 e. The Morgan fingerprint density at radius 3 is 2.83 bits per heavy atom. The molecule has 0 saturated carbocycles. The lowest BCUT2D eigenvalue weighted by Gasteiger charge is -2.20. The van der Waals surface area contributed by atoms with E-state index < -0.39 is 0 Å². The van der Waals surface area contributed by atoms with E-state index in [4.69, 9.17) is 0 Å². The van der Waals surface area contributed by atoms with Crippen molar-refractivity contribution in [3.63, 3.8) is 0 Å². The van der Waals surface area contributed by atoms with Crippen LogP contribution in [0.2, 0.25) is 0 Å². The zero-order valence-corrected chi connectivity index (χ0v) is 11.5. The van der Waals surface area contributed by atoms with Gasteiger partial charge in [-0.3, -0.25) is 0 Å². The molecule has 0 atom stereocenters. The van der Waals surface area contributed by atoms with E-state index in [-0.39, 0.29) is 0 Å². The number of hydrogen-bond acceptors (Lipinski definition) is 2. The van der Waals surface area contributed by atoms with Gasteiger partial charge in [0.25, 0.3) is 0 Å². The van der Waals surface area contributed by atoms with Crippen molar-refractivity contribution in [2.45, 2.75) is 13.0 Å². The van der Waals surface area contributed by atoms with Gasteiger partial charge in [0.2, 0.25) is 0 Å². The summed E-state index contributed by atoms with van der Waals surface area (Å²) in [6, 6.07) is 14.2. The first kappa shape index (κ1) is 11.6. The van der Waals surface area contributed by atoms with Gasteiger partial charge < -0.3 is 10.0 Å². The maximum absolute atomic E-state index is 9.94. The number of fused-ring (bicyclic) bond motifs is 1. The molecule has 0 bridgehead atoms. The fourth-order valence-electron chi connectivity index (χ4n) is 2.45. The van der Waals surface area contributed by atoms with Crippen LogP contribution < -0.4 is 4.90 Å². The number of anilines is 1. The maximum atomic E-state index is 9.94. The maximum Gasteiger partial charge on any atom is 0.121 e. The van der Waals surface area contributed by atoms with E-state index in [1.807, 2.05) is 12.1 Å². The van der Waals surface area contributed by atoms with E-state index in [0.29, 0.717) is 5.75 Å². The second-order valence-corrected chi connectivity index (χ2v) is 5.49. The summed E-state index contributed by atoms with van der Waals surface area (Å²) >= 11 is 3.36. The van der Waals surface area contributed by atoms with Crippen molar-refractivity contribution in [2.75, 3.05) is 11.4 Å². The lowest BCUT2D eigenvalue weighted by atomic mass is 10.1. The molecule has 2 aromatic rings. The van der Waals surface area contributed by atoms with Crippen molar-refractivity contribution >= 4 is 21.6 Å². The largest absolute Gasteiger partial charge is 0.508 e. The highest BCUT2D eigenvalue weighted by Crippen LogP contribution is 2.31. The molecule has 92 valence electrons. The molecule has 1 aliphatic heterocycles. The number of hydrogen-bond donors (Lipinski definition) is 1. The van der Waals surface area contributed by atoms with Gasteiger partial charge >= 0.3 is 0 Å². The second kappa shape index (κ2) is 4.65. The monoisotopic (exact) mass is 303 g/mol. The first-order valence-electron chi connectivity index (χ1n) is 6.04. The fourth-order valence-corrected chi connectivity index (χ4v) is 2.80. The zero-order chi connectivity index (χ0) is 12.5. The Hall–Kier alpha value is -1.48. The van der Waals surface area contributed by atoms with Gasteiger partial charge in [-0.05, 0) is 30.2 Å². The molecule has 1 heterocycles. The molecule has 0 spiro atoms. The molecule has 1 aliphatic rings. The molecule has 3 heteroatoms. The molecular weight excluding hydrogens is 290 g/mol. The summed E-state index contributed by atoms with van der Waals surface area (Å²) in [5.74, 6) is 0.355. The lowest BCUT2D eigenvalue weighted by Crippen LogP contribution is -2.19. The molecule has 2 aromatic carbocycles. The van der Waals surface area contributed by atoms with Crippen LogP contribution in [-0.4, -0.2) is 11.7 Å². The first-order chi connectivity index (χ1) is 8.74. The fraction of sp³-hybridized carbons (Fsp3) is 0.200. The van der Waals surface area contributed by atoms with Crippen LogP contribution in [0.1, 0.15) is 11.1 Å². The highest BCUT2D eigenvalue weighted by atomic mass is 79.9. The third-order valence-electron chi connectivity index (χ3n) is 3.39.